The van der Waals surface area contributed by atoms with E-state index in [1.165, 1.54) is 12.1 Å². The first-order valence-corrected chi connectivity index (χ1v) is 7.63. The molecule has 0 aliphatic carbocycles. The van der Waals surface area contributed by atoms with E-state index in [4.69, 9.17) is 9.26 Å². The summed E-state index contributed by atoms with van der Waals surface area (Å²) in [7, 11) is 0. The normalized spacial score (nSPS) is 10.5. The van der Waals surface area contributed by atoms with Gasteiger partial charge in [-0.25, -0.2) is 9.37 Å². The first-order chi connectivity index (χ1) is 12.0. The number of halogens is 1. The minimum atomic E-state index is -0.401. The van der Waals surface area contributed by atoms with E-state index in [-0.39, 0.29) is 12.5 Å². The third-order valence-electron chi connectivity index (χ3n) is 3.56. The SMILES string of the molecule is Cc1noc(C)c1C(=O)NCc1cccnc1Oc1cccc(F)c1. The molecule has 1 aromatic carbocycles. The Balaban J connectivity index is 1.74. The Morgan fingerprint density at radius 2 is 2.12 bits per heavy atom. The molecular weight excluding hydrogens is 325 g/mol. The molecule has 3 aromatic rings. The molecule has 3 rings (SSSR count). The van der Waals surface area contributed by atoms with Gasteiger partial charge in [0.05, 0.1) is 5.69 Å². The lowest BCUT2D eigenvalue weighted by molar-refractivity contribution is 0.0948. The second-order valence-corrected chi connectivity index (χ2v) is 5.41. The number of pyridine rings is 1. The van der Waals surface area contributed by atoms with Crippen LogP contribution in [0.3, 0.4) is 0 Å². The van der Waals surface area contributed by atoms with Crippen LogP contribution in [0.2, 0.25) is 0 Å². The minimum absolute atomic E-state index is 0.196. The quantitative estimate of drug-likeness (QED) is 0.768. The van der Waals surface area contributed by atoms with Crippen LogP contribution in [0.15, 0.2) is 47.1 Å². The number of ether oxygens (including phenoxy) is 1. The average molecular weight is 341 g/mol. The third-order valence-corrected chi connectivity index (χ3v) is 3.56. The summed E-state index contributed by atoms with van der Waals surface area (Å²) >= 11 is 0. The first-order valence-electron chi connectivity index (χ1n) is 7.63. The van der Waals surface area contributed by atoms with E-state index in [2.05, 4.69) is 15.5 Å². The Kier molecular flexibility index (Phi) is 4.74. The number of nitrogens with zero attached hydrogens (tertiary/aromatic N) is 2. The summed E-state index contributed by atoms with van der Waals surface area (Å²) in [5.41, 5.74) is 1.60. The highest BCUT2D eigenvalue weighted by atomic mass is 19.1. The minimum Gasteiger partial charge on any atom is -0.439 e. The molecule has 128 valence electrons. The number of aryl methyl sites for hydroxylation is 2. The van der Waals surface area contributed by atoms with Crippen molar-refractivity contribution in [1.82, 2.24) is 15.5 Å². The highest BCUT2D eigenvalue weighted by Crippen LogP contribution is 2.23. The fourth-order valence-corrected chi connectivity index (χ4v) is 2.36. The number of nitrogens with one attached hydrogen (secondary N) is 1. The van der Waals surface area contributed by atoms with Crippen LogP contribution in [-0.2, 0) is 6.54 Å². The molecular formula is C18H16FN3O3. The summed E-state index contributed by atoms with van der Waals surface area (Å²) < 4.78 is 23.9. The van der Waals surface area contributed by atoms with Crippen LogP contribution in [-0.4, -0.2) is 16.0 Å². The van der Waals surface area contributed by atoms with Crippen molar-refractivity contribution in [1.29, 1.82) is 0 Å². The summed E-state index contributed by atoms with van der Waals surface area (Å²) in [6, 6.07) is 9.28. The van der Waals surface area contributed by atoms with Gasteiger partial charge in [-0.1, -0.05) is 17.3 Å². The van der Waals surface area contributed by atoms with E-state index in [1.54, 1.807) is 44.3 Å². The topological polar surface area (TPSA) is 77.3 Å². The fraction of sp³-hybridized carbons (Fsp3) is 0.167. The van der Waals surface area contributed by atoms with E-state index >= 15 is 0 Å². The van der Waals surface area contributed by atoms with Crippen LogP contribution in [0, 0.1) is 19.7 Å². The van der Waals surface area contributed by atoms with Crippen molar-refractivity contribution in [2.24, 2.45) is 0 Å². The zero-order valence-electron chi connectivity index (χ0n) is 13.7. The van der Waals surface area contributed by atoms with Crippen LogP contribution in [0.5, 0.6) is 11.6 Å². The largest absolute Gasteiger partial charge is 0.439 e. The molecule has 1 amide bonds. The number of benzene rings is 1. The van der Waals surface area contributed by atoms with Crippen molar-refractivity contribution >= 4 is 5.91 Å². The van der Waals surface area contributed by atoms with E-state index in [1.807, 2.05) is 0 Å². The first kappa shape index (κ1) is 16.6. The molecule has 2 aromatic heterocycles. The molecule has 0 fully saturated rings. The van der Waals surface area contributed by atoms with Gasteiger partial charge in [0.15, 0.2) is 0 Å². The summed E-state index contributed by atoms with van der Waals surface area (Å²) in [5.74, 6) is 0.389. The maximum atomic E-state index is 13.3. The summed E-state index contributed by atoms with van der Waals surface area (Å²) in [5, 5.41) is 6.55. The van der Waals surface area contributed by atoms with Crippen LogP contribution >= 0.6 is 0 Å². The van der Waals surface area contributed by atoms with Crippen molar-refractivity contribution in [3.63, 3.8) is 0 Å². The second-order valence-electron chi connectivity index (χ2n) is 5.41. The number of rotatable bonds is 5. The zero-order valence-corrected chi connectivity index (χ0v) is 13.7. The molecule has 0 radical (unpaired) electrons. The van der Waals surface area contributed by atoms with E-state index < -0.39 is 5.82 Å². The Labute approximate surface area is 143 Å². The zero-order chi connectivity index (χ0) is 17.8. The van der Waals surface area contributed by atoms with Crippen LogP contribution in [0.4, 0.5) is 4.39 Å². The standard InChI is InChI=1S/C18H16FN3O3/c1-11-16(12(2)25-22-11)17(23)21-10-13-5-4-8-20-18(13)24-15-7-3-6-14(19)9-15/h3-9H,10H2,1-2H3,(H,21,23). The lowest BCUT2D eigenvalue weighted by Gasteiger charge is -2.11. The molecule has 0 unspecified atom stereocenters. The summed E-state index contributed by atoms with van der Waals surface area (Å²) in [6.45, 7) is 3.58. The molecule has 2 heterocycles. The highest BCUT2D eigenvalue weighted by molar-refractivity contribution is 5.96. The number of aromatic nitrogens is 2. The number of amides is 1. The number of carbonyl (C=O) groups excluding carboxylic acids is 1. The Morgan fingerprint density at radius 1 is 1.28 bits per heavy atom. The smallest absolute Gasteiger partial charge is 0.257 e. The highest BCUT2D eigenvalue weighted by Gasteiger charge is 2.17. The second kappa shape index (κ2) is 7.12. The lowest BCUT2D eigenvalue weighted by atomic mass is 10.2. The molecule has 25 heavy (non-hydrogen) atoms. The van der Waals surface area contributed by atoms with Crippen molar-refractivity contribution in [3.05, 3.63) is 71.0 Å². The van der Waals surface area contributed by atoms with Gasteiger partial charge >= 0.3 is 0 Å². The third kappa shape index (κ3) is 3.82. The monoisotopic (exact) mass is 341 g/mol. The van der Waals surface area contributed by atoms with Gasteiger partial charge in [-0.05, 0) is 32.0 Å². The summed E-state index contributed by atoms with van der Waals surface area (Å²) in [6.07, 6.45) is 1.56. The van der Waals surface area contributed by atoms with Crippen LogP contribution in [0.1, 0.15) is 27.4 Å². The van der Waals surface area contributed by atoms with Crippen molar-refractivity contribution in [2.75, 3.05) is 0 Å². The van der Waals surface area contributed by atoms with E-state index in [0.29, 0.717) is 34.2 Å². The van der Waals surface area contributed by atoms with Gasteiger partial charge in [0, 0.05) is 24.4 Å². The van der Waals surface area contributed by atoms with Gasteiger partial charge in [0.1, 0.15) is 22.9 Å². The maximum absolute atomic E-state index is 13.3. The number of carbonyl (C=O) groups is 1. The van der Waals surface area contributed by atoms with Gasteiger partial charge in [0.25, 0.3) is 5.91 Å². The van der Waals surface area contributed by atoms with Gasteiger partial charge in [-0.3, -0.25) is 4.79 Å². The molecule has 1 N–H and O–H groups in total. The Hall–Kier alpha value is -3.22. The van der Waals surface area contributed by atoms with Crippen molar-refractivity contribution < 1.29 is 18.4 Å². The van der Waals surface area contributed by atoms with Gasteiger partial charge in [-0.2, -0.15) is 0 Å². The van der Waals surface area contributed by atoms with Crippen LogP contribution in [0.25, 0.3) is 0 Å². The fourth-order valence-electron chi connectivity index (χ4n) is 2.36. The molecule has 0 aliphatic heterocycles. The molecule has 0 aliphatic rings. The van der Waals surface area contributed by atoms with E-state index in [0.717, 1.165) is 0 Å². The van der Waals surface area contributed by atoms with Gasteiger partial charge < -0.3 is 14.6 Å². The van der Waals surface area contributed by atoms with Crippen molar-refractivity contribution in [2.45, 2.75) is 20.4 Å². The van der Waals surface area contributed by atoms with Crippen molar-refractivity contribution in [3.8, 4) is 11.6 Å². The lowest BCUT2D eigenvalue weighted by Crippen LogP contribution is -2.24. The number of hydrogen-bond acceptors (Lipinski definition) is 5. The molecule has 0 spiro atoms. The Morgan fingerprint density at radius 3 is 2.84 bits per heavy atom. The predicted molar refractivity (Wildman–Crippen MR) is 87.9 cm³/mol. The molecule has 0 saturated heterocycles. The van der Waals surface area contributed by atoms with Crippen LogP contribution < -0.4 is 10.1 Å². The average Bonchev–Trinajstić information content (AvgIpc) is 2.92. The Bertz CT molecular complexity index is 889. The maximum Gasteiger partial charge on any atom is 0.257 e. The molecule has 0 saturated carbocycles. The van der Waals surface area contributed by atoms with E-state index in [9.17, 15) is 9.18 Å². The van der Waals surface area contributed by atoms with Gasteiger partial charge in [0.2, 0.25) is 5.88 Å². The molecule has 0 atom stereocenters. The number of hydrogen-bond donors (Lipinski definition) is 1. The molecule has 0 bridgehead atoms. The molecule has 7 heteroatoms. The predicted octanol–water partition coefficient (Wildman–Crippen LogP) is 3.55. The van der Waals surface area contributed by atoms with Gasteiger partial charge in [-0.15, -0.1) is 0 Å². The summed E-state index contributed by atoms with van der Waals surface area (Å²) in [4.78, 5) is 16.5. The molecule has 6 nitrogen and oxygen atoms in total.